The molecule has 0 radical (unpaired) electrons. The molecule has 0 saturated carbocycles. The summed E-state index contributed by atoms with van der Waals surface area (Å²) in [6, 6.07) is 0. The van der Waals surface area contributed by atoms with E-state index in [1.54, 1.807) is 12.3 Å². The molecule has 12 heavy (non-hydrogen) atoms. The van der Waals surface area contributed by atoms with Crippen LogP contribution in [0.4, 0.5) is 0 Å². The Bertz CT molecular complexity index is 214. The first kappa shape index (κ1) is 11.2. The molecule has 0 rings (SSSR count). The number of rotatable bonds is 2. The van der Waals surface area contributed by atoms with Gasteiger partial charge in [-0.1, -0.05) is 33.4 Å². The van der Waals surface area contributed by atoms with Crippen molar-refractivity contribution in [2.24, 2.45) is 10.4 Å². The number of hydrogen-bond donors (Lipinski definition) is 0. The summed E-state index contributed by atoms with van der Waals surface area (Å²) < 4.78 is 0. The smallest absolute Gasteiger partial charge is 0.0367 e. The number of hydrogen-bond acceptors (Lipinski definition) is 1. The van der Waals surface area contributed by atoms with Crippen molar-refractivity contribution < 1.29 is 0 Å². The molecule has 0 aliphatic rings. The van der Waals surface area contributed by atoms with Crippen LogP contribution in [0.2, 0.25) is 0 Å². The second kappa shape index (κ2) is 4.24. The summed E-state index contributed by atoms with van der Waals surface area (Å²) >= 11 is 0. The predicted octanol–water partition coefficient (Wildman–Crippen LogP) is 3.58. The van der Waals surface area contributed by atoms with Crippen LogP contribution in [0.25, 0.3) is 0 Å². The van der Waals surface area contributed by atoms with Crippen molar-refractivity contribution >= 4 is 6.21 Å². The summed E-state index contributed by atoms with van der Waals surface area (Å²) in [6.45, 7) is 14.3. The highest BCUT2D eigenvalue weighted by molar-refractivity contribution is 5.71. The molecule has 68 valence electrons. The van der Waals surface area contributed by atoms with Gasteiger partial charge in [0.2, 0.25) is 0 Å². The molecule has 1 heteroatoms. The van der Waals surface area contributed by atoms with Gasteiger partial charge < -0.3 is 0 Å². The van der Waals surface area contributed by atoms with E-state index in [2.05, 4.69) is 39.3 Å². The summed E-state index contributed by atoms with van der Waals surface area (Å²) in [5.41, 5.74) is 2.62. The van der Waals surface area contributed by atoms with E-state index in [4.69, 9.17) is 0 Å². The fraction of sp³-hybridized carbons (Fsp3) is 0.545. The summed E-state index contributed by atoms with van der Waals surface area (Å²) in [5, 5.41) is 0. The van der Waals surface area contributed by atoms with Crippen LogP contribution in [0.3, 0.4) is 0 Å². The molecule has 0 N–H and O–H groups in total. The zero-order valence-electron chi connectivity index (χ0n) is 8.81. The van der Waals surface area contributed by atoms with Gasteiger partial charge in [0.25, 0.3) is 0 Å². The van der Waals surface area contributed by atoms with Crippen molar-refractivity contribution in [1.29, 1.82) is 0 Å². The van der Waals surface area contributed by atoms with Gasteiger partial charge in [-0.25, -0.2) is 0 Å². The molecule has 0 atom stereocenters. The van der Waals surface area contributed by atoms with Gasteiger partial charge in [0.05, 0.1) is 0 Å². The highest BCUT2D eigenvalue weighted by atomic mass is 14.7. The Labute approximate surface area is 75.9 Å². The molecule has 0 saturated heterocycles. The molecule has 0 unspecified atom stereocenters. The van der Waals surface area contributed by atoms with Gasteiger partial charge >= 0.3 is 0 Å². The minimum absolute atomic E-state index is 0.211. The predicted molar refractivity (Wildman–Crippen MR) is 56.5 cm³/mol. The van der Waals surface area contributed by atoms with Crippen LogP contribution in [-0.4, -0.2) is 6.21 Å². The molecule has 0 spiro atoms. The van der Waals surface area contributed by atoms with E-state index in [1.165, 1.54) is 5.57 Å². The summed E-state index contributed by atoms with van der Waals surface area (Å²) in [5.74, 6) is 0. The summed E-state index contributed by atoms with van der Waals surface area (Å²) in [6.07, 6.45) is 3.42. The van der Waals surface area contributed by atoms with E-state index in [9.17, 15) is 0 Å². The van der Waals surface area contributed by atoms with Gasteiger partial charge in [-0.15, -0.1) is 0 Å². The van der Waals surface area contributed by atoms with Crippen molar-refractivity contribution in [3.8, 4) is 0 Å². The first-order chi connectivity index (χ1) is 5.39. The van der Waals surface area contributed by atoms with Crippen LogP contribution in [0, 0.1) is 5.41 Å². The molecule has 0 aromatic heterocycles. The average molecular weight is 165 g/mol. The van der Waals surface area contributed by atoms with Crippen LogP contribution < -0.4 is 0 Å². The minimum Gasteiger partial charge on any atom is -0.262 e. The van der Waals surface area contributed by atoms with Crippen molar-refractivity contribution in [3.05, 3.63) is 23.9 Å². The Morgan fingerprint density at radius 2 is 1.75 bits per heavy atom. The fourth-order valence-electron chi connectivity index (χ4n) is 0.804. The molecule has 0 bridgehead atoms. The normalized spacial score (nSPS) is 14.8. The van der Waals surface area contributed by atoms with Gasteiger partial charge in [0, 0.05) is 11.9 Å². The molecule has 0 aliphatic carbocycles. The Morgan fingerprint density at radius 3 is 2.08 bits per heavy atom. The van der Waals surface area contributed by atoms with E-state index in [0.717, 1.165) is 5.70 Å². The average Bonchev–Trinajstić information content (AvgIpc) is 1.97. The molecule has 0 heterocycles. The number of allylic oxidation sites excluding steroid dienone is 3. The molecule has 0 aromatic carbocycles. The minimum atomic E-state index is 0.211. The first-order valence-corrected chi connectivity index (χ1v) is 4.22. The second-order valence-electron chi connectivity index (χ2n) is 3.97. The van der Waals surface area contributed by atoms with Crippen LogP contribution in [0.5, 0.6) is 0 Å². The molecule has 0 fully saturated rings. The second-order valence-corrected chi connectivity index (χ2v) is 3.97. The topological polar surface area (TPSA) is 12.4 Å². The monoisotopic (exact) mass is 165 g/mol. The van der Waals surface area contributed by atoms with Crippen LogP contribution in [0.15, 0.2) is 28.9 Å². The maximum absolute atomic E-state index is 4.25. The van der Waals surface area contributed by atoms with E-state index >= 15 is 0 Å². The van der Waals surface area contributed by atoms with Crippen molar-refractivity contribution in [2.45, 2.75) is 34.6 Å². The van der Waals surface area contributed by atoms with E-state index in [0.29, 0.717) is 0 Å². The van der Waals surface area contributed by atoms with E-state index in [-0.39, 0.29) is 5.41 Å². The number of nitrogens with zero attached hydrogens (tertiary/aromatic N) is 1. The van der Waals surface area contributed by atoms with Crippen molar-refractivity contribution in [2.75, 3.05) is 0 Å². The Balaban J connectivity index is 4.69. The molecule has 0 amide bonds. The quantitative estimate of drug-likeness (QED) is 0.554. The van der Waals surface area contributed by atoms with Crippen molar-refractivity contribution in [1.82, 2.24) is 0 Å². The van der Waals surface area contributed by atoms with Gasteiger partial charge in [-0.05, 0) is 24.8 Å². The first-order valence-electron chi connectivity index (χ1n) is 4.22. The highest BCUT2D eigenvalue weighted by Gasteiger charge is 2.14. The summed E-state index contributed by atoms with van der Waals surface area (Å²) in [4.78, 5) is 4.25. The van der Waals surface area contributed by atoms with Crippen LogP contribution in [-0.2, 0) is 0 Å². The third-order valence-corrected chi connectivity index (χ3v) is 2.04. The van der Waals surface area contributed by atoms with Crippen LogP contribution in [0.1, 0.15) is 34.6 Å². The number of aliphatic imine (C=N–C) groups is 1. The van der Waals surface area contributed by atoms with Crippen molar-refractivity contribution in [3.63, 3.8) is 0 Å². The van der Waals surface area contributed by atoms with Crippen LogP contribution >= 0.6 is 0 Å². The third-order valence-electron chi connectivity index (χ3n) is 2.04. The maximum atomic E-state index is 4.25. The molecule has 0 aliphatic heterocycles. The summed E-state index contributed by atoms with van der Waals surface area (Å²) in [7, 11) is 0. The lowest BCUT2D eigenvalue weighted by atomic mass is 9.86. The van der Waals surface area contributed by atoms with Gasteiger partial charge in [-0.2, -0.15) is 0 Å². The van der Waals surface area contributed by atoms with E-state index in [1.807, 2.05) is 6.92 Å². The Morgan fingerprint density at radius 1 is 1.25 bits per heavy atom. The van der Waals surface area contributed by atoms with Gasteiger partial charge in [-0.3, -0.25) is 4.99 Å². The molecular formula is C11H19N. The lowest BCUT2D eigenvalue weighted by Crippen LogP contribution is -2.07. The molecule has 1 nitrogen and oxygen atoms in total. The third kappa shape index (κ3) is 3.51. The van der Waals surface area contributed by atoms with E-state index < -0.39 is 0 Å². The largest absolute Gasteiger partial charge is 0.262 e. The molecule has 0 aromatic rings. The zero-order chi connectivity index (χ0) is 9.78. The molecular weight excluding hydrogens is 146 g/mol. The van der Waals surface area contributed by atoms with Gasteiger partial charge in [0.15, 0.2) is 0 Å². The lowest BCUT2D eigenvalue weighted by Gasteiger charge is -2.20. The standard InChI is InChI=1S/C11H19N/c1-7-8-12-10(3)9(2)11(4,5)6/h7-8H,1H2,2-6H3/b10-9+,12-8?. The Kier molecular flexibility index (Phi) is 3.94. The fourth-order valence-corrected chi connectivity index (χ4v) is 0.804. The SMILES string of the molecule is C=CC=N/C(C)=C(\C)C(C)(C)C. The van der Waals surface area contributed by atoms with Gasteiger partial charge in [0.1, 0.15) is 0 Å². The lowest BCUT2D eigenvalue weighted by molar-refractivity contribution is 0.498. The zero-order valence-corrected chi connectivity index (χ0v) is 8.81. The Hall–Kier alpha value is -0.850. The maximum Gasteiger partial charge on any atom is 0.0367 e. The highest BCUT2D eigenvalue weighted by Crippen LogP contribution is 2.27.